The molecule has 0 aromatic heterocycles. The van der Waals surface area contributed by atoms with Crippen LogP contribution in [0.5, 0.6) is 11.5 Å². The maximum atomic E-state index is 12.6. The first-order chi connectivity index (χ1) is 17.0. The summed E-state index contributed by atoms with van der Waals surface area (Å²) in [5, 5.41) is 5.71. The Bertz CT molecular complexity index is 1120. The SMILES string of the molecule is CCOC(=O)Oc1ccc(C(=O)Nc2cccc(CNC(=O)CCCOc3ccccc3)c2)cc1. The zero-order chi connectivity index (χ0) is 24.9. The number of rotatable bonds is 11. The van der Waals surface area contributed by atoms with Crippen molar-refractivity contribution in [3.63, 3.8) is 0 Å². The van der Waals surface area contributed by atoms with Gasteiger partial charge in [-0.1, -0.05) is 30.3 Å². The van der Waals surface area contributed by atoms with Gasteiger partial charge in [0, 0.05) is 24.2 Å². The van der Waals surface area contributed by atoms with Crippen LogP contribution in [-0.4, -0.2) is 31.2 Å². The van der Waals surface area contributed by atoms with Crippen LogP contribution >= 0.6 is 0 Å². The van der Waals surface area contributed by atoms with Crippen LogP contribution in [0.25, 0.3) is 0 Å². The lowest BCUT2D eigenvalue weighted by molar-refractivity contribution is -0.121. The first-order valence-corrected chi connectivity index (χ1v) is 11.3. The predicted octanol–water partition coefficient (Wildman–Crippen LogP) is 4.95. The van der Waals surface area contributed by atoms with Gasteiger partial charge >= 0.3 is 6.16 Å². The Balaban J connectivity index is 1.42. The van der Waals surface area contributed by atoms with Crippen molar-refractivity contribution in [2.24, 2.45) is 0 Å². The molecule has 3 rings (SSSR count). The Labute approximate surface area is 204 Å². The maximum absolute atomic E-state index is 12.6. The van der Waals surface area contributed by atoms with Crippen molar-refractivity contribution in [3.8, 4) is 11.5 Å². The molecule has 3 aromatic rings. The molecule has 0 atom stereocenters. The molecule has 0 saturated heterocycles. The summed E-state index contributed by atoms with van der Waals surface area (Å²) in [6.45, 7) is 2.71. The molecule has 2 amide bonds. The van der Waals surface area contributed by atoms with E-state index >= 15 is 0 Å². The molecule has 0 heterocycles. The lowest BCUT2D eigenvalue weighted by Gasteiger charge is -2.10. The van der Waals surface area contributed by atoms with E-state index in [4.69, 9.17) is 14.2 Å². The highest BCUT2D eigenvalue weighted by atomic mass is 16.7. The number of ether oxygens (including phenoxy) is 3. The third-order valence-electron chi connectivity index (χ3n) is 4.81. The monoisotopic (exact) mass is 476 g/mol. The van der Waals surface area contributed by atoms with E-state index in [0.29, 0.717) is 37.2 Å². The van der Waals surface area contributed by atoms with E-state index in [1.807, 2.05) is 36.4 Å². The molecule has 8 nitrogen and oxygen atoms in total. The quantitative estimate of drug-likeness (QED) is 0.231. The molecule has 0 aliphatic carbocycles. The number of anilines is 1. The average molecular weight is 477 g/mol. The summed E-state index contributed by atoms with van der Waals surface area (Å²) in [5.41, 5.74) is 1.86. The van der Waals surface area contributed by atoms with Crippen LogP contribution in [0.3, 0.4) is 0 Å². The van der Waals surface area contributed by atoms with Crippen LogP contribution in [0.1, 0.15) is 35.7 Å². The summed E-state index contributed by atoms with van der Waals surface area (Å²) in [5.74, 6) is 0.686. The third-order valence-corrected chi connectivity index (χ3v) is 4.81. The van der Waals surface area contributed by atoms with Gasteiger partial charge in [0.1, 0.15) is 11.5 Å². The lowest BCUT2D eigenvalue weighted by atomic mass is 10.1. The van der Waals surface area contributed by atoms with E-state index in [-0.39, 0.29) is 24.2 Å². The molecular weight excluding hydrogens is 448 g/mol. The minimum Gasteiger partial charge on any atom is -0.494 e. The molecule has 0 saturated carbocycles. The molecular formula is C27H28N2O6. The molecule has 0 unspecified atom stereocenters. The first kappa shape index (κ1) is 25.3. The summed E-state index contributed by atoms with van der Waals surface area (Å²) in [6.07, 6.45) is 0.175. The topological polar surface area (TPSA) is 103 Å². The minimum absolute atomic E-state index is 0.0683. The van der Waals surface area contributed by atoms with Gasteiger partial charge in [-0.2, -0.15) is 0 Å². The molecule has 2 N–H and O–H groups in total. The van der Waals surface area contributed by atoms with Gasteiger partial charge in [0.25, 0.3) is 5.91 Å². The lowest BCUT2D eigenvalue weighted by Crippen LogP contribution is -2.23. The number of carbonyl (C=O) groups excluding carboxylic acids is 3. The van der Waals surface area contributed by atoms with Crippen LogP contribution in [-0.2, 0) is 16.1 Å². The Morgan fingerprint density at radius 3 is 2.37 bits per heavy atom. The number of nitrogens with one attached hydrogen (secondary N) is 2. The summed E-state index contributed by atoms with van der Waals surface area (Å²) < 4.78 is 15.3. The number of benzene rings is 3. The van der Waals surface area contributed by atoms with Crippen molar-refractivity contribution in [3.05, 3.63) is 90.0 Å². The van der Waals surface area contributed by atoms with Gasteiger partial charge in [-0.05, 0) is 67.4 Å². The van der Waals surface area contributed by atoms with Crippen LogP contribution in [0.15, 0.2) is 78.9 Å². The Kier molecular flexibility index (Phi) is 9.68. The molecule has 0 fully saturated rings. The summed E-state index contributed by atoms with van der Waals surface area (Å²) in [6, 6.07) is 22.9. The summed E-state index contributed by atoms with van der Waals surface area (Å²) >= 11 is 0. The van der Waals surface area contributed by atoms with E-state index in [2.05, 4.69) is 10.6 Å². The van der Waals surface area contributed by atoms with Gasteiger partial charge in [-0.25, -0.2) is 4.79 Å². The molecule has 0 aliphatic rings. The number of hydrogen-bond donors (Lipinski definition) is 2. The molecule has 0 radical (unpaired) electrons. The summed E-state index contributed by atoms with van der Waals surface area (Å²) in [4.78, 5) is 36.0. The second kappa shape index (κ2) is 13.4. The molecule has 0 spiro atoms. The van der Waals surface area contributed by atoms with Crippen LogP contribution < -0.4 is 20.1 Å². The fourth-order valence-corrected chi connectivity index (χ4v) is 3.11. The average Bonchev–Trinajstić information content (AvgIpc) is 2.87. The van der Waals surface area contributed by atoms with E-state index in [1.165, 1.54) is 12.1 Å². The molecule has 182 valence electrons. The van der Waals surface area contributed by atoms with Crippen LogP contribution in [0.4, 0.5) is 10.5 Å². The van der Waals surface area contributed by atoms with E-state index in [0.717, 1.165) is 11.3 Å². The van der Waals surface area contributed by atoms with Crippen molar-refractivity contribution in [2.75, 3.05) is 18.5 Å². The van der Waals surface area contributed by atoms with Gasteiger partial charge in [-0.15, -0.1) is 0 Å². The third kappa shape index (κ3) is 8.85. The van der Waals surface area contributed by atoms with Gasteiger partial charge in [0.15, 0.2) is 0 Å². The predicted molar refractivity (Wildman–Crippen MR) is 132 cm³/mol. The van der Waals surface area contributed by atoms with Gasteiger partial charge in [0.05, 0.1) is 13.2 Å². The first-order valence-electron chi connectivity index (χ1n) is 11.3. The second-order valence-electron chi connectivity index (χ2n) is 7.51. The fraction of sp³-hybridized carbons (Fsp3) is 0.222. The number of amides is 2. The Morgan fingerprint density at radius 1 is 0.857 bits per heavy atom. The number of hydrogen-bond acceptors (Lipinski definition) is 6. The second-order valence-corrected chi connectivity index (χ2v) is 7.51. The zero-order valence-electron chi connectivity index (χ0n) is 19.5. The fourth-order valence-electron chi connectivity index (χ4n) is 3.11. The normalized spacial score (nSPS) is 10.2. The van der Waals surface area contributed by atoms with Crippen LogP contribution in [0, 0.1) is 0 Å². The summed E-state index contributed by atoms with van der Waals surface area (Å²) in [7, 11) is 0. The standard InChI is InChI=1S/C27H28N2O6/c1-2-33-27(32)35-24-15-13-21(14-16-24)26(31)29-22-9-6-8-20(18-22)19-28-25(30)12-7-17-34-23-10-4-3-5-11-23/h3-6,8-11,13-16,18H,2,7,12,17,19H2,1H3,(H,28,30)(H,29,31). The van der Waals surface area contributed by atoms with Crippen molar-refractivity contribution in [2.45, 2.75) is 26.3 Å². The van der Waals surface area contributed by atoms with Gasteiger partial charge in [0.2, 0.25) is 5.91 Å². The van der Waals surface area contributed by atoms with E-state index < -0.39 is 6.16 Å². The van der Waals surface area contributed by atoms with Gasteiger partial charge < -0.3 is 24.8 Å². The zero-order valence-corrected chi connectivity index (χ0v) is 19.5. The Hall–Kier alpha value is -4.33. The van der Waals surface area contributed by atoms with Crippen molar-refractivity contribution in [1.82, 2.24) is 5.32 Å². The minimum atomic E-state index is -0.797. The smallest absolute Gasteiger partial charge is 0.494 e. The largest absolute Gasteiger partial charge is 0.513 e. The highest BCUT2D eigenvalue weighted by Crippen LogP contribution is 2.16. The van der Waals surface area contributed by atoms with Crippen molar-refractivity contribution in [1.29, 1.82) is 0 Å². The van der Waals surface area contributed by atoms with Gasteiger partial charge in [-0.3, -0.25) is 9.59 Å². The maximum Gasteiger partial charge on any atom is 0.513 e. The van der Waals surface area contributed by atoms with Crippen LogP contribution in [0.2, 0.25) is 0 Å². The molecule has 3 aromatic carbocycles. The molecule has 35 heavy (non-hydrogen) atoms. The molecule has 8 heteroatoms. The Morgan fingerprint density at radius 2 is 1.63 bits per heavy atom. The van der Waals surface area contributed by atoms with E-state index in [9.17, 15) is 14.4 Å². The van der Waals surface area contributed by atoms with Crippen molar-refractivity contribution >= 4 is 23.7 Å². The van der Waals surface area contributed by atoms with Crippen molar-refractivity contribution < 1.29 is 28.6 Å². The number of carbonyl (C=O) groups is 3. The molecule has 0 aliphatic heterocycles. The highest BCUT2D eigenvalue weighted by Gasteiger charge is 2.09. The number of para-hydroxylation sites is 1. The highest BCUT2D eigenvalue weighted by molar-refractivity contribution is 6.04. The van der Waals surface area contributed by atoms with E-state index in [1.54, 1.807) is 37.3 Å². The molecule has 0 bridgehead atoms.